The van der Waals surface area contributed by atoms with Gasteiger partial charge in [0.25, 0.3) is 0 Å². The number of benzene rings is 2. The summed E-state index contributed by atoms with van der Waals surface area (Å²) in [6, 6.07) is 14.6. The molecule has 0 bridgehead atoms. The van der Waals surface area contributed by atoms with Gasteiger partial charge >= 0.3 is 0 Å². The van der Waals surface area contributed by atoms with Crippen LogP contribution in [0.2, 0.25) is 0 Å². The summed E-state index contributed by atoms with van der Waals surface area (Å²) in [6.45, 7) is 5.60. The largest absolute Gasteiger partial charge is 0.381 e. The van der Waals surface area contributed by atoms with Crippen molar-refractivity contribution in [2.45, 2.75) is 38.6 Å². The Morgan fingerprint density at radius 3 is 2.40 bits per heavy atom. The van der Waals surface area contributed by atoms with Crippen LogP contribution in [-0.2, 0) is 15.1 Å². The highest BCUT2D eigenvalue weighted by Crippen LogP contribution is 2.32. The van der Waals surface area contributed by atoms with Crippen LogP contribution in [0.15, 0.2) is 42.5 Å². The molecule has 0 spiro atoms. The van der Waals surface area contributed by atoms with Gasteiger partial charge in [-0.3, -0.25) is 10.1 Å². The first-order valence-corrected chi connectivity index (χ1v) is 10.3. The summed E-state index contributed by atoms with van der Waals surface area (Å²) in [5.74, 6) is -0.377. The summed E-state index contributed by atoms with van der Waals surface area (Å²) < 4.78 is 19.0. The van der Waals surface area contributed by atoms with E-state index in [1.807, 2.05) is 26.0 Å². The molecule has 0 atom stereocenters. The molecule has 0 unspecified atom stereocenters. The molecule has 1 N–H and O–H groups in total. The van der Waals surface area contributed by atoms with Crippen molar-refractivity contribution in [3.05, 3.63) is 65.0 Å². The molecule has 0 radical (unpaired) electrons. The van der Waals surface area contributed by atoms with Gasteiger partial charge in [-0.1, -0.05) is 18.2 Å². The number of nitrogens with zero attached hydrogens (tertiary/aromatic N) is 2. The summed E-state index contributed by atoms with van der Waals surface area (Å²) in [7, 11) is 0. The Hall–Kier alpha value is -2.75. The number of hydrogen-bond acceptors (Lipinski definition) is 4. The summed E-state index contributed by atoms with van der Waals surface area (Å²) in [6.07, 6.45) is 1.66. The van der Waals surface area contributed by atoms with E-state index in [9.17, 15) is 9.18 Å². The molecule has 2 aromatic rings. The van der Waals surface area contributed by atoms with Crippen LogP contribution in [-0.4, -0.2) is 32.2 Å². The highest BCUT2D eigenvalue weighted by Gasteiger charge is 2.35. The van der Waals surface area contributed by atoms with Gasteiger partial charge < -0.3 is 9.64 Å². The quantitative estimate of drug-likeness (QED) is 0.751. The number of nitriles is 1. The van der Waals surface area contributed by atoms with Crippen molar-refractivity contribution < 1.29 is 13.9 Å². The molecule has 5 nitrogen and oxygen atoms in total. The molecule has 1 aliphatic heterocycles. The lowest BCUT2D eigenvalue weighted by atomic mass is 9.82. The maximum absolute atomic E-state index is 13.4. The molecular weight excluding hydrogens is 381 g/mol. The Labute approximate surface area is 177 Å². The second-order valence-electron chi connectivity index (χ2n) is 7.85. The fourth-order valence-electron chi connectivity index (χ4n) is 4.06. The van der Waals surface area contributed by atoms with Gasteiger partial charge in [-0.15, -0.1) is 0 Å². The first-order chi connectivity index (χ1) is 14.4. The molecule has 1 heterocycles. The van der Waals surface area contributed by atoms with Gasteiger partial charge in [0.15, 0.2) is 0 Å². The Morgan fingerprint density at radius 2 is 1.80 bits per heavy atom. The van der Waals surface area contributed by atoms with E-state index in [-0.39, 0.29) is 24.7 Å². The minimum Gasteiger partial charge on any atom is -0.381 e. The van der Waals surface area contributed by atoms with E-state index in [2.05, 4.69) is 17.5 Å². The van der Waals surface area contributed by atoms with E-state index >= 15 is 0 Å². The maximum Gasteiger partial charge on any atom is 0.240 e. The van der Waals surface area contributed by atoms with Crippen LogP contribution in [0, 0.1) is 31.0 Å². The topological polar surface area (TPSA) is 65.4 Å². The Balaban J connectivity index is 1.81. The Kier molecular flexibility index (Phi) is 7.20. The normalized spacial score (nSPS) is 15.4. The minimum absolute atomic E-state index is 0.0942. The van der Waals surface area contributed by atoms with E-state index in [1.165, 1.54) is 12.1 Å². The minimum atomic E-state index is -0.439. The van der Waals surface area contributed by atoms with E-state index in [4.69, 9.17) is 10.00 Å². The first-order valence-electron chi connectivity index (χ1n) is 10.3. The lowest BCUT2D eigenvalue weighted by Crippen LogP contribution is -2.51. The second kappa shape index (κ2) is 9.84. The van der Waals surface area contributed by atoms with Gasteiger partial charge in [-0.05, 0) is 67.6 Å². The third kappa shape index (κ3) is 5.24. The number of carbonyl (C=O) groups is 1. The Morgan fingerprint density at radius 1 is 1.17 bits per heavy atom. The van der Waals surface area contributed by atoms with Crippen LogP contribution in [0.1, 0.15) is 36.0 Å². The van der Waals surface area contributed by atoms with E-state index in [1.54, 1.807) is 17.0 Å². The average Bonchev–Trinajstić information content (AvgIpc) is 2.73. The third-order valence-corrected chi connectivity index (χ3v) is 5.59. The SMILES string of the molecule is Cc1cc(C)cc(N(CCC#N)C(=O)CNC2(c3ccc(F)cc3)CCOCC2)c1. The van der Waals surface area contributed by atoms with Gasteiger partial charge in [-0.25, -0.2) is 4.39 Å². The van der Waals surface area contributed by atoms with Crippen molar-refractivity contribution in [2.24, 2.45) is 0 Å². The van der Waals surface area contributed by atoms with Crippen LogP contribution in [0.5, 0.6) is 0 Å². The average molecular weight is 410 g/mol. The van der Waals surface area contributed by atoms with Crippen molar-refractivity contribution in [1.82, 2.24) is 5.32 Å². The van der Waals surface area contributed by atoms with E-state index < -0.39 is 5.54 Å². The molecule has 1 aliphatic rings. The zero-order valence-electron chi connectivity index (χ0n) is 17.6. The molecule has 0 saturated carbocycles. The number of rotatable bonds is 7. The van der Waals surface area contributed by atoms with E-state index in [0.717, 1.165) is 22.4 Å². The first kappa shape index (κ1) is 21.9. The zero-order chi connectivity index (χ0) is 21.6. The predicted octanol–water partition coefficient (Wildman–Crippen LogP) is 3.98. The summed E-state index contributed by atoms with van der Waals surface area (Å²) in [4.78, 5) is 14.9. The highest BCUT2D eigenvalue weighted by molar-refractivity contribution is 5.95. The number of hydrogen-bond donors (Lipinski definition) is 1. The van der Waals surface area contributed by atoms with Crippen molar-refractivity contribution in [1.29, 1.82) is 5.26 Å². The highest BCUT2D eigenvalue weighted by atomic mass is 19.1. The molecule has 1 amide bonds. The number of anilines is 1. The predicted molar refractivity (Wildman–Crippen MR) is 115 cm³/mol. The smallest absolute Gasteiger partial charge is 0.240 e. The molecule has 0 aromatic heterocycles. The van der Waals surface area contributed by atoms with Crippen molar-refractivity contribution in [3.8, 4) is 6.07 Å². The summed E-state index contributed by atoms with van der Waals surface area (Å²) in [5.41, 5.74) is 3.46. The molecular formula is C24H28FN3O2. The van der Waals surface area contributed by atoms with Gasteiger partial charge in [0.2, 0.25) is 5.91 Å². The monoisotopic (exact) mass is 409 g/mol. The number of aryl methyl sites for hydroxylation is 2. The van der Waals surface area contributed by atoms with Crippen LogP contribution in [0.3, 0.4) is 0 Å². The van der Waals surface area contributed by atoms with Crippen molar-refractivity contribution >= 4 is 11.6 Å². The molecule has 3 rings (SSSR count). The zero-order valence-corrected chi connectivity index (χ0v) is 17.6. The van der Waals surface area contributed by atoms with Crippen LogP contribution in [0.25, 0.3) is 0 Å². The lowest BCUT2D eigenvalue weighted by molar-refractivity contribution is -0.118. The van der Waals surface area contributed by atoms with Crippen LogP contribution in [0.4, 0.5) is 10.1 Å². The number of nitrogens with one attached hydrogen (secondary N) is 1. The van der Waals surface area contributed by atoms with Gasteiger partial charge in [0.1, 0.15) is 5.82 Å². The molecule has 6 heteroatoms. The number of carbonyl (C=O) groups excluding carboxylic acids is 1. The summed E-state index contributed by atoms with van der Waals surface area (Å²) in [5, 5.41) is 12.5. The number of amides is 1. The fourth-order valence-corrected chi connectivity index (χ4v) is 4.06. The van der Waals surface area contributed by atoms with Crippen molar-refractivity contribution in [3.63, 3.8) is 0 Å². The Bertz CT molecular complexity index is 895. The summed E-state index contributed by atoms with van der Waals surface area (Å²) >= 11 is 0. The maximum atomic E-state index is 13.4. The van der Waals surface area contributed by atoms with Gasteiger partial charge in [-0.2, -0.15) is 5.26 Å². The van der Waals surface area contributed by atoms with Crippen LogP contribution >= 0.6 is 0 Å². The van der Waals surface area contributed by atoms with Gasteiger partial charge in [0.05, 0.1) is 19.0 Å². The fraction of sp³-hybridized carbons (Fsp3) is 0.417. The molecule has 0 aliphatic carbocycles. The molecule has 1 fully saturated rings. The lowest BCUT2D eigenvalue weighted by Gasteiger charge is -2.39. The van der Waals surface area contributed by atoms with Crippen LogP contribution < -0.4 is 10.2 Å². The van der Waals surface area contributed by atoms with E-state index in [0.29, 0.717) is 32.6 Å². The molecule has 30 heavy (non-hydrogen) atoms. The molecule has 158 valence electrons. The van der Waals surface area contributed by atoms with Gasteiger partial charge in [0, 0.05) is 31.0 Å². The second-order valence-corrected chi connectivity index (χ2v) is 7.85. The molecule has 1 saturated heterocycles. The van der Waals surface area contributed by atoms with Crippen molar-refractivity contribution in [2.75, 3.05) is 31.2 Å². The number of halogens is 1. The number of ether oxygens (including phenoxy) is 1. The standard InChI is InChI=1S/C24H28FN3O2/c1-18-14-19(2)16-22(15-18)28(11-3-10-26)23(29)17-27-24(8-12-30-13-9-24)20-4-6-21(25)7-5-20/h4-7,14-16,27H,3,8-9,11-13,17H2,1-2H3. The molecule has 2 aromatic carbocycles. The third-order valence-electron chi connectivity index (χ3n) is 5.59.